The molecule has 0 spiro atoms. The quantitative estimate of drug-likeness (QED) is 0.253. The Morgan fingerprint density at radius 1 is 1.26 bits per heavy atom. The van der Waals surface area contributed by atoms with Gasteiger partial charge in [0.05, 0.1) is 24.1 Å². The monoisotopic (exact) mass is 499 g/mol. The molecule has 3 heterocycles. The maximum atomic E-state index is 12.7. The predicted molar refractivity (Wildman–Crippen MR) is 119 cm³/mol. The summed E-state index contributed by atoms with van der Waals surface area (Å²) in [5.41, 5.74) is 1.62. The number of nitrogens with one attached hydrogen (secondary N) is 2. The van der Waals surface area contributed by atoms with E-state index in [9.17, 15) is 28.5 Å². The maximum Gasteiger partial charge on any atom is 0.405 e. The normalized spacial score (nSPS) is 22.0. The first kappa shape index (κ1) is 24.0. The third-order valence-electron chi connectivity index (χ3n) is 5.44. The maximum absolute atomic E-state index is 12.7. The lowest BCUT2D eigenvalue weighted by Crippen LogP contribution is -2.35. The van der Waals surface area contributed by atoms with Gasteiger partial charge >= 0.3 is 6.18 Å². The van der Waals surface area contributed by atoms with Gasteiger partial charge < -0.3 is 30.4 Å². The Balaban J connectivity index is 1.77. The fourth-order valence-corrected chi connectivity index (χ4v) is 3.96. The molecule has 3 aromatic heterocycles. The van der Waals surface area contributed by atoms with Crippen molar-refractivity contribution in [1.29, 1.82) is 0 Å². The molecule has 5 N–H and O–H groups in total. The number of aryl methyl sites for hydroxylation is 1. The van der Waals surface area contributed by atoms with E-state index in [2.05, 4.69) is 25.6 Å². The van der Waals surface area contributed by atoms with E-state index in [4.69, 9.17) is 16.0 Å². The number of alkyl halides is 3. The van der Waals surface area contributed by atoms with Gasteiger partial charge in [-0.1, -0.05) is 18.5 Å². The molecule has 0 aliphatic heterocycles. The van der Waals surface area contributed by atoms with Crippen LogP contribution in [-0.2, 0) is 6.42 Å². The fourth-order valence-electron chi connectivity index (χ4n) is 3.70. The molecular formula is C21H21ClF3N5O4. The molecule has 1 saturated carbocycles. The Kier molecular flexibility index (Phi) is 6.56. The van der Waals surface area contributed by atoms with Crippen molar-refractivity contribution in [3.63, 3.8) is 0 Å². The van der Waals surface area contributed by atoms with Crippen LogP contribution in [-0.4, -0.2) is 61.2 Å². The van der Waals surface area contributed by atoms with E-state index in [1.165, 1.54) is 0 Å². The number of pyridine rings is 1. The summed E-state index contributed by atoms with van der Waals surface area (Å²) < 4.78 is 43.9. The van der Waals surface area contributed by atoms with Gasteiger partial charge in [-0.05, 0) is 30.5 Å². The first-order chi connectivity index (χ1) is 16.1. The van der Waals surface area contributed by atoms with Crippen LogP contribution in [0.4, 0.5) is 24.9 Å². The Hall–Kier alpha value is -3.09. The number of hydrogen-bond donors (Lipinski definition) is 5. The Bertz CT molecular complexity index is 1230. The van der Waals surface area contributed by atoms with E-state index in [0.717, 1.165) is 11.1 Å². The highest BCUT2D eigenvalue weighted by Crippen LogP contribution is 2.39. The Morgan fingerprint density at radius 3 is 2.68 bits per heavy atom. The highest BCUT2D eigenvalue weighted by atomic mass is 35.5. The molecule has 0 aromatic carbocycles. The minimum Gasteiger partial charge on any atom is -0.516 e. The summed E-state index contributed by atoms with van der Waals surface area (Å²) in [5, 5.41) is 35.2. The highest BCUT2D eigenvalue weighted by Gasteiger charge is 2.38. The number of rotatable bonds is 6. The van der Waals surface area contributed by atoms with Crippen molar-refractivity contribution in [3.05, 3.63) is 41.0 Å². The average molecular weight is 500 g/mol. The number of halogens is 4. The minimum atomic E-state index is -4.52. The molecule has 3 atom stereocenters. The van der Waals surface area contributed by atoms with Gasteiger partial charge in [0.2, 0.25) is 5.95 Å². The van der Waals surface area contributed by atoms with Gasteiger partial charge in [-0.15, -0.1) is 0 Å². The number of aliphatic hydroxyl groups excluding tert-OH is 3. The third-order valence-corrected chi connectivity index (χ3v) is 5.71. The molecule has 0 amide bonds. The second-order valence-electron chi connectivity index (χ2n) is 7.80. The number of fused-ring (bicyclic) bond motifs is 1. The summed E-state index contributed by atoms with van der Waals surface area (Å²) >= 11 is 6.36. The SMILES string of the molecule is CCc1cc2cc(-c3c(Cl)nc(NCC(F)(F)F)nc3N[C@@H]3C/C(=C/O)[C@@H](O)[C@H]3O)oc2cn1. The van der Waals surface area contributed by atoms with E-state index < -0.39 is 36.9 Å². The highest BCUT2D eigenvalue weighted by molar-refractivity contribution is 6.32. The smallest absolute Gasteiger partial charge is 0.405 e. The van der Waals surface area contributed by atoms with Gasteiger partial charge in [0.15, 0.2) is 5.58 Å². The third kappa shape index (κ3) is 4.88. The molecule has 0 unspecified atom stereocenters. The van der Waals surface area contributed by atoms with Crippen molar-refractivity contribution in [1.82, 2.24) is 15.0 Å². The minimum absolute atomic E-state index is 0.0251. The Labute approximate surface area is 196 Å². The molecule has 3 aromatic rings. The molecule has 34 heavy (non-hydrogen) atoms. The fraction of sp³-hybridized carbons (Fsp3) is 0.381. The molecular weight excluding hydrogens is 479 g/mol. The molecule has 1 aliphatic rings. The molecule has 4 rings (SSSR count). The zero-order chi connectivity index (χ0) is 24.6. The standard InChI is InChI=1S/C21H21ClF3N5O4/c1-2-11-3-9-5-13(34-14(9)6-26-11)15-18(22)29-20(27-8-21(23,24)25)30-19(15)28-12-4-10(7-31)16(32)17(12)33/h3,5-7,12,16-17,31-33H,2,4,8H2,1H3,(H2,27,28,29,30)/b10-7-/t12-,16-,17+/m1/s1. The van der Waals surface area contributed by atoms with Crippen LogP contribution in [0.2, 0.25) is 5.15 Å². The lowest BCUT2D eigenvalue weighted by molar-refractivity contribution is -0.115. The molecule has 9 nitrogen and oxygen atoms in total. The number of nitrogens with zero attached hydrogens (tertiary/aromatic N) is 3. The summed E-state index contributed by atoms with van der Waals surface area (Å²) in [5.74, 6) is -0.195. The van der Waals surface area contributed by atoms with Crippen LogP contribution in [0.1, 0.15) is 19.0 Å². The first-order valence-corrected chi connectivity index (χ1v) is 10.7. The topological polar surface area (TPSA) is 137 Å². The van der Waals surface area contributed by atoms with Gasteiger partial charge in [-0.25, -0.2) is 4.98 Å². The van der Waals surface area contributed by atoms with E-state index in [1.807, 2.05) is 13.0 Å². The van der Waals surface area contributed by atoms with E-state index in [0.29, 0.717) is 18.3 Å². The van der Waals surface area contributed by atoms with Gasteiger partial charge in [0.1, 0.15) is 35.5 Å². The van der Waals surface area contributed by atoms with Gasteiger partial charge in [-0.3, -0.25) is 4.98 Å². The largest absolute Gasteiger partial charge is 0.516 e. The van der Waals surface area contributed by atoms with Crippen molar-refractivity contribution >= 4 is 34.3 Å². The van der Waals surface area contributed by atoms with Crippen LogP contribution in [0, 0.1) is 0 Å². The average Bonchev–Trinajstić information content (AvgIpc) is 3.32. The van der Waals surface area contributed by atoms with Crippen LogP contribution in [0.15, 0.2) is 34.6 Å². The van der Waals surface area contributed by atoms with Crippen LogP contribution in [0.3, 0.4) is 0 Å². The lowest BCUT2D eigenvalue weighted by Gasteiger charge is -2.20. The molecule has 1 fully saturated rings. The van der Waals surface area contributed by atoms with Crippen LogP contribution >= 0.6 is 11.6 Å². The predicted octanol–water partition coefficient (Wildman–Crippen LogP) is 3.82. The molecule has 13 heteroatoms. The van der Waals surface area contributed by atoms with E-state index in [1.54, 1.807) is 12.3 Å². The van der Waals surface area contributed by atoms with Crippen molar-refractivity contribution < 1.29 is 32.9 Å². The molecule has 0 bridgehead atoms. The summed E-state index contributed by atoms with van der Waals surface area (Å²) in [6, 6.07) is 2.68. The molecule has 0 radical (unpaired) electrons. The number of anilines is 2. The summed E-state index contributed by atoms with van der Waals surface area (Å²) in [4.78, 5) is 12.3. The van der Waals surface area contributed by atoms with Crippen LogP contribution < -0.4 is 10.6 Å². The first-order valence-electron chi connectivity index (χ1n) is 10.3. The van der Waals surface area contributed by atoms with Crippen molar-refractivity contribution in [2.24, 2.45) is 0 Å². The van der Waals surface area contributed by atoms with E-state index >= 15 is 0 Å². The van der Waals surface area contributed by atoms with Crippen molar-refractivity contribution in [2.45, 2.75) is 44.2 Å². The Morgan fingerprint density at radius 2 is 2.03 bits per heavy atom. The number of hydrogen-bond acceptors (Lipinski definition) is 9. The zero-order valence-electron chi connectivity index (χ0n) is 17.8. The van der Waals surface area contributed by atoms with Gasteiger partial charge in [0.25, 0.3) is 0 Å². The van der Waals surface area contributed by atoms with Gasteiger partial charge in [0, 0.05) is 11.1 Å². The summed E-state index contributed by atoms with van der Waals surface area (Å²) in [6.07, 6.45) is -4.15. The van der Waals surface area contributed by atoms with Crippen LogP contribution in [0.25, 0.3) is 22.3 Å². The van der Waals surface area contributed by atoms with Crippen molar-refractivity contribution in [2.75, 3.05) is 17.2 Å². The number of aliphatic hydroxyl groups is 3. The zero-order valence-corrected chi connectivity index (χ0v) is 18.5. The second-order valence-corrected chi connectivity index (χ2v) is 8.16. The summed E-state index contributed by atoms with van der Waals surface area (Å²) in [7, 11) is 0. The second kappa shape index (κ2) is 9.28. The van der Waals surface area contributed by atoms with E-state index in [-0.39, 0.29) is 34.3 Å². The molecule has 182 valence electrons. The lowest BCUT2D eigenvalue weighted by atomic mass is 10.1. The van der Waals surface area contributed by atoms with Crippen LogP contribution in [0.5, 0.6) is 0 Å². The molecule has 0 saturated heterocycles. The van der Waals surface area contributed by atoms with Gasteiger partial charge in [-0.2, -0.15) is 18.2 Å². The van der Waals surface area contributed by atoms with Crippen molar-refractivity contribution in [3.8, 4) is 11.3 Å². The number of furan rings is 1. The number of aromatic nitrogens is 3. The molecule has 1 aliphatic carbocycles. The summed E-state index contributed by atoms with van der Waals surface area (Å²) in [6.45, 7) is 0.561.